The second-order valence-corrected chi connectivity index (χ2v) is 7.43. The first kappa shape index (κ1) is 17.5. The van der Waals surface area contributed by atoms with E-state index in [4.69, 9.17) is 4.84 Å². The highest BCUT2D eigenvalue weighted by Crippen LogP contribution is 2.21. The van der Waals surface area contributed by atoms with Gasteiger partial charge in [-0.3, -0.25) is 4.79 Å². The van der Waals surface area contributed by atoms with Crippen LogP contribution in [0.2, 0.25) is 0 Å². The number of hydrogen-bond donors (Lipinski definition) is 0. The number of carbonyl (C=O) groups excluding carboxylic acids is 1. The van der Waals surface area contributed by atoms with Crippen LogP contribution in [-0.2, 0) is 11.4 Å². The maximum Gasteiger partial charge on any atom is 0.264 e. The molecule has 0 N–H and O–H groups in total. The van der Waals surface area contributed by atoms with Crippen molar-refractivity contribution >= 4 is 23.0 Å². The van der Waals surface area contributed by atoms with Crippen molar-refractivity contribution in [3.05, 3.63) is 94.2 Å². The second kappa shape index (κ2) is 8.18. The van der Waals surface area contributed by atoms with Gasteiger partial charge in [0.2, 0.25) is 0 Å². The minimum Gasteiger partial charge on any atom is -0.390 e. The van der Waals surface area contributed by atoms with Gasteiger partial charge < -0.3 is 9.74 Å². The Morgan fingerprint density at radius 2 is 1.78 bits per heavy atom. The fraction of sp³-hybridized carbons (Fsp3) is 0.182. The first-order valence-corrected chi connectivity index (χ1v) is 9.82. The monoisotopic (exact) mass is 376 g/mol. The van der Waals surface area contributed by atoms with Gasteiger partial charge in [0.1, 0.15) is 0 Å². The first-order valence-electron chi connectivity index (χ1n) is 8.94. The van der Waals surface area contributed by atoms with Gasteiger partial charge in [0.05, 0.1) is 17.1 Å². The van der Waals surface area contributed by atoms with Crippen LogP contribution in [0.1, 0.15) is 27.2 Å². The Balaban J connectivity index is 1.47. The zero-order valence-electron chi connectivity index (χ0n) is 14.8. The van der Waals surface area contributed by atoms with Crippen LogP contribution in [0, 0.1) is 0 Å². The number of hydrogen-bond acceptors (Lipinski definition) is 4. The van der Waals surface area contributed by atoms with Crippen molar-refractivity contribution in [3.8, 4) is 0 Å². The molecule has 0 fully saturated rings. The molecule has 0 saturated heterocycles. The highest BCUT2D eigenvalue weighted by molar-refractivity contribution is 7.12. The molecule has 0 radical (unpaired) electrons. The van der Waals surface area contributed by atoms with E-state index in [0.29, 0.717) is 19.5 Å². The number of thiophene rings is 1. The third-order valence-corrected chi connectivity index (χ3v) is 5.36. The number of benzene rings is 2. The molecule has 2 heterocycles. The molecule has 2 aromatic carbocycles. The fourth-order valence-electron chi connectivity index (χ4n) is 3.15. The van der Waals surface area contributed by atoms with Crippen molar-refractivity contribution in [2.75, 3.05) is 6.54 Å². The molecule has 136 valence electrons. The largest absolute Gasteiger partial charge is 0.390 e. The SMILES string of the molecule is O=C(c1cccs1)N(Cc1ccccc1)C[C@@H]1CC(c2ccccc2)=NO1. The molecule has 4 nitrogen and oxygen atoms in total. The van der Waals surface area contributed by atoms with E-state index in [1.165, 1.54) is 11.3 Å². The molecule has 0 bridgehead atoms. The third kappa shape index (κ3) is 4.26. The van der Waals surface area contributed by atoms with Crippen molar-refractivity contribution in [1.29, 1.82) is 0 Å². The molecular weight excluding hydrogens is 356 g/mol. The smallest absolute Gasteiger partial charge is 0.264 e. The average molecular weight is 376 g/mol. The van der Waals surface area contributed by atoms with Gasteiger partial charge in [-0.25, -0.2) is 0 Å². The van der Waals surface area contributed by atoms with Gasteiger partial charge in [-0.05, 0) is 22.6 Å². The maximum absolute atomic E-state index is 13.0. The van der Waals surface area contributed by atoms with Gasteiger partial charge in [-0.15, -0.1) is 11.3 Å². The topological polar surface area (TPSA) is 41.9 Å². The van der Waals surface area contributed by atoms with Crippen LogP contribution < -0.4 is 0 Å². The minimum absolute atomic E-state index is 0.0330. The number of carbonyl (C=O) groups is 1. The zero-order valence-corrected chi connectivity index (χ0v) is 15.6. The highest BCUT2D eigenvalue weighted by Gasteiger charge is 2.27. The van der Waals surface area contributed by atoms with E-state index in [9.17, 15) is 4.79 Å². The normalized spacial score (nSPS) is 15.9. The van der Waals surface area contributed by atoms with Crippen LogP contribution >= 0.6 is 11.3 Å². The lowest BCUT2D eigenvalue weighted by atomic mass is 10.0. The summed E-state index contributed by atoms with van der Waals surface area (Å²) >= 11 is 1.46. The summed E-state index contributed by atoms with van der Waals surface area (Å²) in [5.41, 5.74) is 3.10. The van der Waals surface area contributed by atoms with Crippen LogP contribution in [0.4, 0.5) is 0 Å². The Kier molecular flexibility index (Phi) is 5.30. The minimum atomic E-state index is -0.132. The average Bonchev–Trinajstić information content (AvgIpc) is 3.41. The number of amides is 1. The van der Waals surface area contributed by atoms with Crippen LogP contribution in [0.5, 0.6) is 0 Å². The van der Waals surface area contributed by atoms with E-state index >= 15 is 0 Å². The molecule has 1 aliphatic rings. The van der Waals surface area contributed by atoms with Crippen molar-refractivity contribution in [1.82, 2.24) is 4.90 Å². The Labute approximate surface area is 162 Å². The predicted octanol–water partition coefficient (Wildman–Crippen LogP) is 4.58. The summed E-state index contributed by atoms with van der Waals surface area (Å²) < 4.78 is 0. The molecule has 0 spiro atoms. The van der Waals surface area contributed by atoms with Gasteiger partial charge in [-0.1, -0.05) is 71.9 Å². The van der Waals surface area contributed by atoms with Gasteiger partial charge in [0, 0.05) is 13.0 Å². The van der Waals surface area contributed by atoms with E-state index in [2.05, 4.69) is 5.16 Å². The predicted molar refractivity (Wildman–Crippen MR) is 108 cm³/mol. The van der Waals surface area contributed by atoms with Crippen molar-refractivity contribution in [3.63, 3.8) is 0 Å². The Morgan fingerprint density at radius 3 is 2.48 bits per heavy atom. The van der Waals surface area contributed by atoms with E-state index in [1.807, 2.05) is 83.1 Å². The molecule has 1 amide bonds. The molecule has 1 aromatic heterocycles. The van der Waals surface area contributed by atoms with Crippen molar-refractivity contribution in [2.24, 2.45) is 5.16 Å². The van der Waals surface area contributed by atoms with E-state index in [1.54, 1.807) is 0 Å². The number of nitrogens with zero attached hydrogens (tertiary/aromatic N) is 2. The van der Waals surface area contributed by atoms with Crippen LogP contribution in [0.25, 0.3) is 0 Å². The van der Waals surface area contributed by atoms with E-state index in [-0.39, 0.29) is 12.0 Å². The molecule has 3 aromatic rings. The maximum atomic E-state index is 13.0. The molecule has 0 unspecified atom stereocenters. The van der Waals surface area contributed by atoms with E-state index < -0.39 is 0 Å². The summed E-state index contributed by atoms with van der Waals surface area (Å²) in [4.78, 5) is 21.2. The highest BCUT2D eigenvalue weighted by atomic mass is 32.1. The molecule has 27 heavy (non-hydrogen) atoms. The fourth-order valence-corrected chi connectivity index (χ4v) is 3.84. The quantitative estimate of drug-likeness (QED) is 0.632. The van der Waals surface area contributed by atoms with E-state index in [0.717, 1.165) is 21.7 Å². The standard InChI is InChI=1S/C22H20N2O2S/c25-22(21-12-7-13-27-21)24(15-17-8-3-1-4-9-17)16-19-14-20(23-26-19)18-10-5-2-6-11-18/h1-13,19H,14-16H2/t19-/m0/s1. The first-order chi connectivity index (χ1) is 13.3. The molecule has 1 aliphatic heterocycles. The van der Waals surface area contributed by atoms with Gasteiger partial charge in [0.25, 0.3) is 5.91 Å². The van der Waals surface area contributed by atoms with Crippen molar-refractivity contribution in [2.45, 2.75) is 19.1 Å². The summed E-state index contributed by atoms with van der Waals surface area (Å²) in [6, 6.07) is 23.8. The lowest BCUT2D eigenvalue weighted by molar-refractivity contribution is 0.0408. The molecular formula is C22H20N2O2S. The van der Waals surface area contributed by atoms with Crippen LogP contribution in [0.3, 0.4) is 0 Å². The van der Waals surface area contributed by atoms with Crippen molar-refractivity contribution < 1.29 is 9.63 Å². The summed E-state index contributed by atoms with van der Waals surface area (Å²) in [6.07, 6.45) is 0.570. The van der Waals surface area contributed by atoms with Gasteiger partial charge >= 0.3 is 0 Å². The summed E-state index contributed by atoms with van der Waals surface area (Å²) in [7, 11) is 0. The molecule has 5 heteroatoms. The third-order valence-electron chi connectivity index (χ3n) is 4.50. The zero-order chi connectivity index (χ0) is 18.5. The molecule has 0 aliphatic carbocycles. The van der Waals surface area contributed by atoms with Crippen LogP contribution in [-0.4, -0.2) is 29.2 Å². The molecule has 4 rings (SSSR count). The number of oxime groups is 1. The lowest BCUT2D eigenvalue weighted by Gasteiger charge is -2.24. The molecule has 0 saturated carbocycles. The Bertz CT molecular complexity index is 908. The van der Waals surface area contributed by atoms with Crippen LogP contribution in [0.15, 0.2) is 83.3 Å². The second-order valence-electron chi connectivity index (χ2n) is 6.48. The summed E-state index contributed by atoms with van der Waals surface area (Å²) in [6.45, 7) is 1.06. The summed E-state index contributed by atoms with van der Waals surface area (Å²) in [5, 5.41) is 6.18. The summed E-state index contributed by atoms with van der Waals surface area (Å²) in [5.74, 6) is 0.0330. The van der Waals surface area contributed by atoms with Gasteiger partial charge in [0.15, 0.2) is 6.10 Å². The number of rotatable bonds is 6. The Hall–Kier alpha value is -2.92. The molecule has 1 atom stereocenters. The lowest BCUT2D eigenvalue weighted by Crippen LogP contribution is -2.37. The van der Waals surface area contributed by atoms with Gasteiger partial charge in [-0.2, -0.15) is 0 Å². The Morgan fingerprint density at radius 1 is 1.04 bits per heavy atom.